The first-order valence-electron chi connectivity index (χ1n) is 8.50. The fourth-order valence-electron chi connectivity index (χ4n) is 3.43. The Labute approximate surface area is 183 Å². The number of aromatic nitrogens is 1. The Morgan fingerprint density at radius 1 is 0.964 bits per heavy atom. The first-order valence-corrected chi connectivity index (χ1v) is 8.50. The van der Waals surface area contributed by atoms with Crippen LogP contribution in [0.4, 0.5) is 0 Å². The van der Waals surface area contributed by atoms with Gasteiger partial charge in [0, 0.05) is 45.9 Å². The summed E-state index contributed by atoms with van der Waals surface area (Å²) < 4.78 is 7.48. The summed E-state index contributed by atoms with van der Waals surface area (Å²) in [7, 11) is 1.52. The van der Waals surface area contributed by atoms with Gasteiger partial charge in [0.25, 0.3) is 0 Å². The Kier molecular flexibility index (Phi) is 5.89. The number of carbonyl (C=O) groups is 1. The van der Waals surface area contributed by atoms with Crippen LogP contribution in [-0.4, -0.2) is 52.3 Å². The molecule has 0 saturated heterocycles. The number of benzene rings is 3. The maximum atomic E-state index is 12.8. The molecule has 0 aliphatic heterocycles. The van der Waals surface area contributed by atoms with Gasteiger partial charge in [-0.3, -0.25) is 4.79 Å². The van der Waals surface area contributed by atoms with E-state index in [2.05, 4.69) is 4.57 Å². The van der Waals surface area contributed by atoms with Crippen molar-refractivity contribution < 1.29 is 14.6 Å². The molecule has 0 fully saturated rings. The van der Waals surface area contributed by atoms with Crippen molar-refractivity contribution in [1.82, 2.24) is 4.57 Å². The summed E-state index contributed by atoms with van der Waals surface area (Å²) >= 11 is 0. The van der Waals surface area contributed by atoms with E-state index < -0.39 is 5.97 Å². The van der Waals surface area contributed by atoms with Gasteiger partial charge in [-0.1, -0.05) is 30.3 Å². The molecule has 4 aromatic rings. The molecule has 0 bridgehead atoms. The molecule has 1 heterocycles. The molecule has 0 aliphatic carbocycles. The Morgan fingerprint density at radius 2 is 1.54 bits per heavy atom. The van der Waals surface area contributed by atoms with Gasteiger partial charge in [0.1, 0.15) is 5.75 Å². The van der Waals surface area contributed by atoms with Crippen molar-refractivity contribution in [3.05, 3.63) is 88.1 Å². The molecule has 28 heavy (non-hydrogen) atoms. The second-order valence-electron chi connectivity index (χ2n) is 6.28. The van der Waals surface area contributed by atoms with E-state index in [1.165, 1.54) is 13.2 Å². The third kappa shape index (κ3) is 3.44. The molecule has 0 unspecified atom stereocenters. The number of fused-ring (bicyclic) bond motifs is 2. The minimum absolute atomic E-state index is 0. The van der Waals surface area contributed by atoms with Gasteiger partial charge in [0.2, 0.25) is 0 Å². The molecule has 0 saturated carbocycles. The number of ether oxygens (including phenoxy) is 1. The van der Waals surface area contributed by atoms with Crippen LogP contribution in [-0.2, 0) is 6.54 Å². The smallest absolute Gasteiger partial charge is 0.335 e. The van der Waals surface area contributed by atoms with Crippen molar-refractivity contribution in [2.75, 3.05) is 7.11 Å². The summed E-state index contributed by atoms with van der Waals surface area (Å²) in [4.78, 5) is 24.1. The summed E-state index contributed by atoms with van der Waals surface area (Å²) in [6, 6.07) is 19.8. The summed E-state index contributed by atoms with van der Waals surface area (Å²) in [5.74, 6) is -0.499. The second-order valence-corrected chi connectivity index (χ2v) is 6.28. The van der Waals surface area contributed by atoms with Crippen molar-refractivity contribution >= 4 is 57.3 Å². The van der Waals surface area contributed by atoms with Gasteiger partial charge in [-0.25, -0.2) is 4.79 Å². The Hall–Kier alpha value is -2.60. The zero-order valence-corrected chi connectivity index (χ0v) is 17.7. The van der Waals surface area contributed by atoms with Gasteiger partial charge in [0.05, 0.1) is 30.3 Å². The third-order valence-electron chi connectivity index (χ3n) is 4.74. The van der Waals surface area contributed by atoms with E-state index in [9.17, 15) is 14.7 Å². The average molecular weight is 382 g/mol. The van der Waals surface area contributed by atoms with Gasteiger partial charge in [-0.2, -0.15) is 0 Å². The Morgan fingerprint density at radius 3 is 2.07 bits per heavy atom. The number of rotatable bonds is 4. The van der Waals surface area contributed by atoms with E-state index in [0.717, 1.165) is 16.6 Å². The predicted molar refractivity (Wildman–Crippen MR) is 111 cm³/mol. The molecule has 1 N–H and O–H groups in total. The van der Waals surface area contributed by atoms with Crippen LogP contribution in [0.5, 0.6) is 5.75 Å². The molecule has 0 amide bonds. The average Bonchev–Trinajstić information content (AvgIpc) is 2.71. The molecule has 1 radical (unpaired) electrons. The number of carboxylic acids is 1. The molecular weight excluding hydrogens is 365 g/mol. The Bertz CT molecular complexity index is 1190. The van der Waals surface area contributed by atoms with Crippen LogP contribution in [0.3, 0.4) is 0 Å². The number of para-hydroxylation sites is 2. The van der Waals surface area contributed by atoms with E-state index in [-0.39, 0.29) is 40.5 Å². The van der Waals surface area contributed by atoms with E-state index in [4.69, 9.17) is 4.74 Å². The van der Waals surface area contributed by atoms with Crippen LogP contribution >= 0.6 is 0 Å². The van der Waals surface area contributed by atoms with Crippen molar-refractivity contribution in [2.24, 2.45) is 0 Å². The molecule has 4 rings (SSSR count). The van der Waals surface area contributed by atoms with Crippen LogP contribution in [0.25, 0.3) is 21.8 Å². The number of hydrogen-bond acceptors (Lipinski definition) is 3. The van der Waals surface area contributed by atoms with Crippen molar-refractivity contribution in [3.8, 4) is 5.75 Å². The molecule has 3 aromatic carbocycles. The maximum Gasteiger partial charge on any atom is 0.335 e. The molecule has 135 valence electrons. The van der Waals surface area contributed by atoms with Gasteiger partial charge in [-0.05, 0) is 36.4 Å². The first-order chi connectivity index (χ1) is 13.1. The molecule has 1 aromatic heterocycles. The fraction of sp³-hybridized carbons (Fsp3) is 0.0909. The minimum Gasteiger partial charge on any atom is -0.496 e. The Balaban J connectivity index is 0.00000225. The van der Waals surface area contributed by atoms with Crippen LogP contribution in [0.1, 0.15) is 15.9 Å². The summed E-state index contributed by atoms with van der Waals surface area (Å²) in [5.41, 5.74) is 2.66. The van der Waals surface area contributed by atoms with Crippen LogP contribution in [0.2, 0.25) is 0 Å². The number of nitrogens with zero attached hydrogens (tertiary/aromatic N) is 1. The normalized spacial score (nSPS) is 10.6. The van der Waals surface area contributed by atoms with Crippen molar-refractivity contribution in [1.29, 1.82) is 0 Å². The van der Waals surface area contributed by atoms with Gasteiger partial charge >= 0.3 is 5.97 Å². The topological polar surface area (TPSA) is 68.5 Å². The summed E-state index contributed by atoms with van der Waals surface area (Å²) in [6.07, 6.45) is 0. The largest absolute Gasteiger partial charge is 0.496 e. The molecular formula is C22H17NNaO4. The first kappa shape index (κ1) is 20.1. The zero-order chi connectivity index (χ0) is 19.0. The van der Waals surface area contributed by atoms with Gasteiger partial charge in [0.15, 0.2) is 5.43 Å². The number of hydrogen-bond donors (Lipinski definition) is 1. The number of methoxy groups -OCH3 is 1. The summed E-state index contributed by atoms with van der Waals surface area (Å²) in [6.45, 7) is 0.449. The van der Waals surface area contributed by atoms with Crippen LogP contribution in [0.15, 0.2) is 71.5 Å². The maximum absolute atomic E-state index is 12.8. The number of pyridine rings is 1. The minimum atomic E-state index is -1.00. The van der Waals surface area contributed by atoms with Crippen molar-refractivity contribution in [3.63, 3.8) is 0 Å². The SMILES string of the molecule is COc1cc(C(=O)O)ccc1Cn1c2ccccc2c(=O)c2ccccc21.[Na]. The third-order valence-corrected chi connectivity index (χ3v) is 4.74. The molecule has 0 spiro atoms. The number of carboxylic acid groups (broad SMARTS) is 1. The van der Waals surface area contributed by atoms with Crippen LogP contribution in [0, 0.1) is 0 Å². The quantitative estimate of drug-likeness (QED) is 0.433. The molecule has 0 aliphatic rings. The van der Waals surface area contributed by atoms with E-state index in [0.29, 0.717) is 23.1 Å². The van der Waals surface area contributed by atoms with Gasteiger partial charge < -0.3 is 14.4 Å². The van der Waals surface area contributed by atoms with Gasteiger partial charge in [-0.15, -0.1) is 0 Å². The standard InChI is InChI=1S/C22H17NO4.Na/c1-27-20-12-14(22(25)26)10-11-15(20)13-23-18-8-4-2-6-16(18)21(24)17-7-3-5-9-19(17)23;/h2-12H,13H2,1H3,(H,25,26);. The second kappa shape index (κ2) is 8.19. The van der Waals surface area contributed by atoms with Crippen molar-refractivity contribution in [2.45, 2.75) is 6.54 Å². The summed E-state index contributed by atoms with van der Waals surface area (Å²) in [5, 5.41) is 10.5. The monoisotopic (exact) mass is 382 g/mol. The molecule has 6 heteroatoms. The van der Waals surface area contributed by atoms with E-state index >= 15 is 0 Å². The van der Waals surface area contributed by atoms with E-state index in [1.54, 1.807) is 12.1 Å². The number of aromatic carboxylic acids is 1. The fourth-order valence-corrected chi connectivity index (χ4v) is 3.43. The molecule has 0 atom stereocenters. The van der Waals surface area contributed by atoms with Crippen LogP contribution < -0.4 is 10.2 Å². The molecule has 5 nitrogen and oxygen atoms in total. The predicted octanol–water partition coefficient (Wildman–Crippen LogP) is 3.53. The van der Waals surface area contributed by atoms with E-state index in [1.807, 2.05) is 48.5 Å². The zero-order valence-electron chi connectivity index (χ0n) is 15.7.